The van der Waals surface area contributed by atoms with E-state index in [2.05, 4.69) is 10.3 Å². The smallest absolute Gasteiger partial charge is 0.257 e. The van der Waals surface area contributed by atoms with E-state index in [1.165, 1.54) is 0 Å². The SMILES string of the molecule is O=C(COc1cccc2ccccc12)NCCc1cccnc1. The Morgan fingerprint density at radius 3 is 2.78 bits per heavy atom. The molecule has 0 atom stereocenters. The van der Waals surface area contributed by atoms with E-state index in [9.17, 15) is 4.79 Å². The van der Waals surface area contributed by atoms with Crippen molar-refractivity contribution in [2.45, 2.75) is 6.42 Å². The van der Waals surface area contributed by atoms with Crippen molar-refractivity contribution in [2.24, 2.45) is 0 Å². The molecule has 1 heterocycles. The third-order valence-corrected chi connectivity index (χ3v) is 3.57. The topological polar surface area (TPSA) is 51.2 Å². The van der Waals surface area contributed by atoms with Gasteiger partial charge in [-0.1, -0.05) is 42.5 Å². The molecule has 3 rings (SSSR count). The summed E-state index contributed by atoms with van der Waals surface area (Å²) in [6, 6.07) is 17.7. The maximum Gasteiger partial charge on any atom is 0.257 e. The predicted molar refractivity (Wildman–Crippen MR) is 90.4 cm³/mol. The Labute approximate surface area is 135 Å². The summed E-state index contributed by atoms with van der Waals surface area (Å²) in [5.41, 5.74) is 1.10. The van der Waals surface area contributed by atoms with E-state index in [-0.39, 0.29) is 12.5 Å². The highest BCUT2D eigenvalue weighted by Gasteiger charge is 2.05. The van der Waals surface area contributed by atoms with E-state index < -0.39 is 0 Å². The molecular formula is C19H18N2O2. The van der Waals surface area contributed by atoms with Crippen LogP contribution in [0.3, 0.4) is 0 Å². The largest absolute Gasteiger partial charge is 0.483 e. The number of aromatic nitrogens is 1. The lowest BCUT2D eigenvalue weighted by atomic mass is 10.1. The van der Waals surface area contributed by atoms with E-state index >= 15 is 0 Å². The second kappa shape index (κ2) is 7.40. The molecule has 2 aromatic carbocycles. The number of hydrogen-bond acceptors (Lipinski definition) is 3. The summed E-state index contributed by atoms with van der Waals surface area (Å²) < 4.78 is 5.66. The Kier molecular flexibility index (Phi) is 4.84. The number of carbonyl (C=O) groups excluding carboxylic acids is 1. The highest BCUT2D eigenvalue weighted by atomic mass is 16.5. The highest BCUT2D eigenvalue weighted by molar-refractivity contribution is 5.88. The van der Waals surface area contributed by atoms with Crippen molar-refractivity contribution in [1.82, 2.24) is 10.3 Å². The molecule has 23 heavy (non-hydrogen) atoms. The number of ether oxygens (including phenoxy) is 1. The van der Waals surface area contributed by atoms with Crippen LogP contribution >= 0.6 is 0 Å². The van der Waals surface area contributed by atoms with Gasteiger partial charge in [-0.05, 0) is 29.5 Å². The fourth-order valence-electron chi connectivity index (χ4n) is 2.41. The molecule has 1 N–H and O–H groups in total. The summed E-state index contributed by atoms with van der Waals surface area (Å²) >= 11 is 0. The minimum atomic E-state index is -0.123. The first-order chi connectivity index (χ1) is 11.3. The zero-order valence-electron chi connectivity index (χ0n) is 12.7. The maximum absolute atomic E-state index is 11.9. The molecule has 0 fully saturated rings. The average Bonchev–Trinajstić information content (AvgIpc) is 2.61. The summed E-state index contributed by atoms with van der Waals surface area (Å²) in [6.45, 7) is 0.588. The van der Waals surface area contributed by atoms with Crippen LogP contribution in [0.15, 0.2) is 67.0 Å². The van der Waals surface area contributed by atoms with Gasteiger partial charge in [-0.25, -0.2) is 0 Å². The molecule has 0 saturated heterocycles. The van der Waals surface area contributed by atoms with Gasteiger partial charge >= 0.3 is 0 Å². The first kappa shape index (κ1) is 15.0. The lowest BCUT2D eigenvalue weighted by Gasteiger charge is -2.09. The van der Waals surface area contributed by atoms with Crippen molar-refractivity contribution in [1.29, 1.82) is 0 Å². The van der Waals surface area contributed by atoms with Crippen molar-refractivity contribution in [3.63, 3.8) is 0 Å². The molecule has 4 heteroatoms. The van der Waals surface area contributed by atoms with Crippen molar-refractivity contribution < 1.29 is 9.53 Å². The monoisotopic (exact) mass is 306 g/mol. The van der Waals surface area contributed by atoms with Gasteiger partial charge in [0.25, 0.3) is 5.91 Å². The van der Waals surface area contributed by atoms with Crippen molar-refractivity contribution >= 4 is 16.7 Å². The number of nitrogens with zero attached hydrogens (tertiary/aromatic N) is 1. The molecule has 116 valence electrons. The fourth-order valence-corrected chi connectivity index (χ4v) is 2.41. The number of carbonyl (C=O) groups is 1. The molecule has 0 bridgehead atoms. The Morgan fingerprint density at radius 1 is 1.04 bits per heavy atom. The molecular weight excluding hydrogens is 288 g/mol. The Morgan fingerprint density at radius 2 is 1.91 bits per heavy atom. The number of benzene rings is 2. The van der Waals surface area contributed by atoms with Gasteiger partial charge in [0.1, 0.15) is 5.75 Å². The number of amides is 1. The zero-order valence-corrected chi connectivity index (χ0v) is 12.7. The molecule has 0 radical (unpaired) electrons. The molecule has 0 saturated carbocycles. The Balaban J connectivity index is 1.50. The lowest BCUT2D eigenvalue weighted by molar-refractivity contribution is -0.123. The normalized spacial score (nSPS) is 10.4. The van der Waals surface area contributed by atoms with Gasteiger partial charge in [0.15, 0.2) is 6.61 Å². The lowest BCUT2D eigenvalue weighted by Crippen LogP contribution is -2.30. The molecule has 0 unspecified atom stereocenters. The van der Waals surface area contributed by atoms with Crippen LogP contribution in [-0.4, -0.2) is 24.0 Å². The van der Waals surface area contributed by atoms with Crippen molar-refractivity contribution in [3.05, 3.63) is 72.6 Å². The number of hydrogen-bond donors (Lipinski definition) is 1. The number of nitrogens with one attached hydrogen (secondary N) is 1. The molecule has 4 nitrogen and oxygen atoms in total. The van der Waals surface area contributed by atoms with Crippen molar-refractivity contribution in [3.8, 4) is 5.75 Å². The standard InChI is InChI=1S/C19H18N2O2/c22-19(21-12-10-15-5-4-11-20-13-15)14-23-18-9-3-7-16-6-1-2-8-17(16)18/h1-9,11,13H,10,12,14H2,(H,21,22). The molecule has 1 amide bonds. The molecule has 0 aliphatic heterocycles. The molecule has 1 aromatic heterocycles. The zero-order chi connectivity index (χ0) is 15.9. The summed E-state index contributed by atoms with van der Waals surface area (Å²) in [4.78, 5) is 15.9. The number of fused-ring (bicyclic) bond motifs is 1. The van der Waals surface area contributed by atoms with Gasteiger partial charge in [-0.3, -0.25) is 9.78 Å². The van der Waals surface area contributed by atoms with E-state index in [4.69, 9.17) is 4.74 Å². The van der Waals surface area contributed by atoms with Gasteiger partial charge in [0.05, 0.1) is 0 Å². The molecule has 3 aromatic rings. The van der Waals surface area contributed by atoms with Crippen LogP contribution in [0.25, 0.3) is 10.8 Å². The van der Waals surface area contributed by atoms with Crippen LogP contribution in [0.2, 0.25) is 0 Å². The number of pyridine rings is 1. The second-order valence-corrected chi connectivity index (χ2v) is 5.23. The molecule has 0 aliphatic carbocycles. The van der Waals surface area contributed by atoms with Crippen LogP contribution in [0, 0.1) is 0 Å². The van der Waals surface area contributed by atoms with E-state index in [0.29, 0.717) is 6.54 Å². The third kappa shape index (κ3) is 4.07. The van der Waals surface area contributed by atoms with Gasteiger partial charge in [0, 0.05) is 24.3 Å². The first-order valence-electron chi connectivity index (χ1n) is 7.59. The summed E-state index contributed by atoms with van der Waals surface area (Å²) in [6.07, 6.45) is 4.30. The third-order valence-electron chi connectivity index (χ3n) is 3.57. The van der Waals surface area contributed by atoms with Crippen LogP contribution in [0.5, 0.6) is 5.75 Å². The molecule has 0 aliphatic rings. The van der Waals surface area contributed by atoms with Gasteiger partial charge < -0.3 is 10.1 Å². The quantitative estimate of drug-likeness (QED) is 0.762. The van der Waals surface area contributed by atoms with Crippen LogP contribution in [-0.2, 0) is 11.2 Å². The molecule has 0 spiro atoms. The minimum Gasteiger partial charge on any atom is -0.483 e. The van der Waals surface area contributed by atoms with Gasteiger partial charge in [-0.15, -0.1) is 0 Å². The van der Waals surface area contributed by atoms with Gasteiger partial charge in [0.2, 0.25) is 0 Å². The van der Waals surface area contributed by atoms with Crippen molar-refractivity contribution in [2.75, 3.05) is 13.2 Å². The Bertz CT molecular complexity index is 782. The highest BCUT2D eigenvalue weighted by Crippen LogP contribution is 2.24. The average molecular weight is 306 g/mol. The Hall–Kier alpha value is -2.88. The van der Waals surface area contributed by atoms with E-state index in [0.717, 1.165) is 28.5 Å². The van der Waals surface area contributed by atoms with E-state index in [1.807, 2.05) is 54.6 Å². The van der Waals surface area contributed by atoms with Gasteiger partial charge in [-0.2, -0.15) is 0 Å². The fraction of sp³-hybridized carbons (Fsp3) is 0.158. The van der Waals surface area contributed by atoms with E-state index in [1.54, 1.807) is 12.4 Å². The van der Waals surface area contributed by atoms with Crippen LogP contribution < -0.4 is 10.1 Å². The van der Waals surface area contributed by atoms with Crippen LogP contribution in [0.1, 0.15) is 5.56 Å². The number of rotatable bonds is 6. The summed E-state index contributed by atoms with van der Waals surface area (Å²) in [7, 11) is 0. The first-order valence-corrected chi connectivity index (χ1v) is 7.59. The predicted octanol–water partition coefficient (Wildman–Crippen LogP) is 2.97. The summed E-state index contributed by atoms with van der Waals surface area (Å²) in [5, 5.41) is 4.97. The second-order valence-electron chi connectivity index (χ2n) is 5.23. The maximum atomic E-state index is 11.9. The minimum absolute atomic E-state index is 0.0149. The van der Waals surface area contributed by atoms with Crippen LogP contribution in [0.4, 0.5) is 0 Å². The summed E-state index contributed by atoms with van der Waals surface area (Å²) in [5.74, 6) is 0.604.